The summed E-state index contributed by atoms with van der Waals surface area (Å²) in [5.41, 5.74) is 10.3. The maximum Gasteiger partial charge on any atom is 0.484 e. The molecule has 0 atom stereocenters. The fourth-order valence-electron chi connectivity index (χ4n) is 4.73. The van der Waals surface area contributed by atoms with Gasteiger partial charge in [-0.15, -0.1) is 0 Å². The smallest absolute Gasteiger partial charge is 0.302 e. The summed E-state index contributed by atoms with van der Waals surface area (Å²) in [5, 5.41) is 0. The molecule has 7 nitrogen and oxygen atoms in total. The first-order valence-corrected chi connectivity index (χ1v) is 20.8. The number of hydrogen-bond donors (Lipinski definition) is 2. The fraction of sp³-hybridized carbons (Fsp3) is 0.600. The Hall–Kier alpha value is -1.82. The minimum absolute atomic E-state index is 0.153. The Labute approximate surface area is 299 Å². The Kier molecular flexibility index (Phi) is 25.9. The number of rotatable bonds is 26. The van der Waals surface area contributed by atoms with Gasteiger partial charge in [0, 0.05) is 0 Å². The van der Waals surface area contributed by atoms with E-state index in [4.69, 9.17) is 9.05 Å². The average Bonchev–Trinajstić information content (AvgIpc) is 2.95. The van der Waals surface area contributed by atoms with Gasteiger partial charge in [0.05, 0.1) is 13.2 Å². The van der Waals surface area contributed by atoms with Crippen molar-refractivity contribution < 1.29 is 32.3 Å². The summed E-state index contributed by atoms with van der Waals surface area (Å²) in [6, 6.07) is 0. The summed E-state index contributed by atoms with van der Waals surface area (Å²) >= 11 is 0. The second-order valence-corrected chi connectivity index (χ2v) is 16.8. The Bertz CT molecular complexity index is 1230. The molecule has 0 aliphatic carbocycles. The van der Waals surface area contributed by atoms with E-state index in [0.717, 1.165) is 88.2 Å². The van der Waals surface area contributed by atoms with Crippen LogP contribution in [-0.2, 0) is 22.5 Å². The van der Waals surface area contributed by atoms with Gasteiger partial charge in [0.1, 0.15) is 0 Å². The highest BCUT2D eigenvalue weighted by atomic mass is 31.3. The molecule has 49 heavy (non-hydrogen) atoms. The lowest BCUT2D eigenvalue weighted by molar-refractivity contribution is 0.159. The molecule has 0 bridgehead atoms. The molecule has 0 aliphatic rings. The van der Waals surface area contributed by atoms with Crippen LogP contribution in [0.2, 0.25) is 0 Å². The maximum atomic E-state index is 13.0. The summed E-state index contributed by atoms with van der Waals surface area (Å²) in [7, 11) is -9.60. The minimum atomic E-state index is -5.11. The molecule has 0 aromatic rings. The van der Waals surface area contributed by atoms with E-state index in [9.17, 15) is 18.9 Å². The van der Waals surface area contributed by atoms with Gasteiger partial charge in [0.25, 0.3) is 0 Å². The molecule has 0 aliphatic heterocycles. The molecule has 0 radical (unpaired) electrons. The SMILES string of the molecule is CC(C)=CCC/C(C)=C/CC/C(C)=C/CC/C(C)=C/COP(=O)(OC/C=C(\C)CC/C=C(\C)CC/C=C(\C)CCC=C(C)C)OP(=O)(O)O. The molecular weight excluding hydrogens is 654 g/mol. The van der Waals surface area contributed by atoms with E-state index in [1.54, 1.807) is 12.2 Å². The fourth-order valence-corrected chi connectivity index (χ4v) is 6.74. The van der Waals surface area contributed by atoms with Crippen LogP contribution in [0.3, 0.4) is 0 Å². The third-order valence-corrected chi connectivity index (χ3v) is 10.4. The number of hydrogen-bond acceptors (Lipinski definition) is 5. The quantitative estimate of drug-likeness (QED) is 0.0677. The van der Waals surface area contributed by atoms with Gasteiger partial charge >= 0.3 is 15.6 Å². The van der Waals surface area contributed by atoms with Crippen molar-refractivity contribution in [3.05, 3.63) is 93.2 Å². The average molecular weight is 723 g/mol. The molecule has 0 saturated heterocycles. The highest BCUT2D eigenvalue weighted by Gasteiger charge is 2.35. The van der Waals surface area contributed by atoms with Crippen molar-refractivity contribution in [2.24, 2.45) is 0 Å². The molecule has 0 aromatic heterocycles. The van der Waals surface area contributed by atoms with E-state index < -0.39 is 15.6 Å². The van der Waals surface area contributed by atoms with Crippen molar-refractivity contribution in [2.75, 3.05) is 13.2 Å². The van der Waals surface area contributed by atoms with Crippen molar-refractivity contribution in [3.63, 3.8) is 0 Å². The van der Waals surface area contributed by atoms with E-state index in [-0.39, 0.29) is 13.2 Å². The number of phosphoric ester groups is 1. The molecule has 0 fully saturated rings. The molecule has 0 rings (SSSR count). The van der Waals surface area contributed by atoms with Gasteiger partial charge in [-0.25, -0.2) is 9.13 Å². The van der Waals surface area contributed by atoms with Crippen LogP contribution in [-0.4, -0.2) is 23.0 Å². The Morgan fingerprint density at radius 3 is 0.918 bits per heavy atom. The molecule has 0 saturated carbocycles. The highest BCUT2D eigenvalue weighted by molar-refractivity contribution is 7.61. The van der Waals surface area contributed by atoms with E-state index in [0.29, 0.717) is 0 Å². The van der Waals surface area contributed by atoms with E-state index in [1.807, 2.05) is 13.8 Å². The minimum Gasteiger partial charge on any atom is -0.302 e. The van der Waals surface area contributed by atoms with Gasteiger partial charge in [-0.3, -0.25) is 9.05 Å². The van der Waals surface area contributed by atoms with Crippen molar-refractivity contribution in [1.29, 1.82) is 0 Å². The zero-order valence-electron chi connectivity index (χ0n) is 32.3. The molecule has 0 amide bonds. The van der Waals surface area contributed by atoms with E-state index in [2.05, 4.69) is 96.2 Å². The predicted octanol–water partition coefficient (Wildman–Crippen LogP) is 13.5. The predicted molar refractivity (Wildman–Crippen MR) is 209 cm³/mol. The van der Waals surface area contributed by atoms with Gasteiger partial charge in [0.2, 0.25) is 0 Å². The zero-order valence-corrected chi connectivity index (χ0v) is 34.1. The highest BCUT2D eigenvalue weighted by Crippen LogP contribution is 2.61. The van der Waals surface area contributed by atoms with Gasteiger partial charge in [0.15, 0.2) is 0 Å². The standard InChI is InChI=1S/C40H68O7P2/c1-33(2)17-11-19-35(5)21-13-23-37(7)25-15-27-39(9)29-31-45-49(44,47-48(41,42)43)46-32-30-40(10)28-16-26-38(8)24-14-22-36(6)20-12-18-34(3)4/h17-18,21-22,25-26,29-30H,11-16,19-20,23-24,27-28,31-32H2,1-10H3,(H2,41,42,43)/b35-21+,36-22+,37-25+,38-26+,39-29+,40-30+. The topological polar surface area (TPSA) is 102 Å². The second kappa shape index (κ2) is 26.9. The van der Waals surface area contributed by atoms with Gasteiger partial charge < -0.3 is 9.79 Å². The van der Waals surface area contributed by atoms with Gasteiger partial charge in [-0.2, -0.15) is 4.31 Å². The van der Waals surface area contributed by atoms with Crippen LogP contribution < -0.4 is 0 Å². The van der Waals surface area contributed by atoms with Crippen LogP contribution in [0, 0.1) is 0 Å². The molecule has 2 N–H and O–H groups in total. The van der Waals surface area contributed by atoms with Crippen molar-refractivity contribution >= 4 is 15.6 Å². The first kappa shape index (κ1) is 47.2. The summed E-state index contributed by atoms with van der Waals surface area (Å²) in [4.78, 5) is 18.6. The van der Waals surface area contributed by atoms with Crippen molar-refractivity contribution in [3.8, 4) is 0 Å². The Balaban J connectivity index is 4.76. The first-order valence-electron chi connectivity index (χ1n) is 17.8. The molecule has 280 valence electrons. The van der Waals surface area contributed by atoms with Crippen LogP contribution in [0.5, 0.6) is 0 Å². The van der Waals surface area contributed by atoms with Crippen LogP contribution in [0.25, 0.3) is 0 Å². The number of phosphoric acid groups is 2. The molecule has 9 heteroatoms. The second-order valence-electron chi connectivity index (χ2n) is 13.7. The van der Waals surface area contributed by atoms with E-state index in [1.165, 1.54) is 33.4 Å². The Morgan fingerprint density at radius 1 is 0.429 bits per heavy atom. The van der Waals surface area contributed by atoms with Gasteiger partial charge in [-0.1, -0.05) is 93.2 Å². The summed E-state index contributed by atoms with van der Waals surface area (Å²) < 4.78 is 39.5. The Morgan fingerprint density at radius 2 is 0.673 bits per heavy atom. The van der Waals surface area contributed by atoms with E-state index >= 15 is 0 Å². The lowest BCUT2D eigenvalue weighted by Crippen LogP contribution is -2.01. The van der Waals surface area contributed by atoms with Crippen LogP contribution >= 0.6 is 15.6 Å². The monoisotopic (exact) mass is 722 g/mol. The number of allylic oxidation sites excluding steroid dienone is 14. The van der Waals surface area contributed by atoms with Crippen LogP contribution in [0.4, 0.5) is 0 Å². The lowest BCUT2D eigenvalue weighted by atomic mass is 10.0. The largest absolute Gasteiger partial charge is 0.484 e. The van der Waals surface area contributed by atoms with Crippen LogP contribution in [0.1, 0.15) is 146 Å². The van der Waals surface area contributed by atoms with Gasteiger partial charge in [-0.05, 0) is 146 Å². The molecule has 0 heterocycles. The zero-order chi connectivity index (χ0) is 37.3. The molecule has 0 spiro atoms. The molecule has 0 aromatic carbocycles. The summed E-state index contributed by atoms with van der Waals surface area (Å²) in [6.07, 6.45) is 28.9. The van der Waals surface area contributed by atoms with Crippen LogP contribution in [0.15, 0.2) is 93.2 Å². The summed E-state index contributed by atoms with van der Waals surface area (Å²) in [5.74, 6) is 0. The third-order valence-electron chi connectivity index (χ3n) is 7.84. The third kappa shape index (κ3) is 30.7. The van der Waals surface area contributed by atoms with Crippen molar-refractivity contribution in [2.45, 2.75) is 146 Å². The maximum absolute atomic E-state index is 13.0. The normalized spacial score (nSPS) is 15.3. The molecule has 0 unspecified atom stereocenters. The van der Waals surface area contributed by atoms with Crippen molar-refractivity contribution in [1.82, 2.24) is 0 Å². The molecular formula is C40H68O7P2. The summed E-state index contributed by atoms with van der Waals surface area (Å²) in [6.45, 7) is 20.8. The lowest BCUT2D eigenvalue weighted by Gasteiger charge is -2.17. The first-order chi connectivity index (χ1) is 22.9.